The van der Waals surface area contributed by atoms with Gasteiger partial charge in [-0.2, -0.15) is 4.31 Å². The lowest BCUT2D eigenvalue weighted by molar-refractivity contribution is -0.0553. The Labute approximate surface area is 225 Å². The highest BCUT2D eigenvalue weighted by atomic mass is 32.2. The Balaban J connectivity index is 1.45. The van der Waals surface area contributed by atoms with E-state index >= 15 is 0 Å². The van der Waals surface area contributed by atoms with Crippen LogP contribution in [-0.4, -0.2) is 68.2 Å². The third-order valence-corrected chi connectivity index (χ3v) is 10.3. The van der Waals surface area contributed by atoms with Crippen molar-refractivity contribution in [3.05, 3.63) is 77.4 Å². The highest BCUT2D eigenvalue weighted by Gasteiger charge is 2.50. The molecule has 0 bridgehead atoms. The Morgan fingerprint density at radius 3 is 2.47 bits per heavy atom. The fourth-order valence-corrected chi connectivity index (χ4v) is 7.75. The Bertz CT molecular complexity index is 1410. The summed E-state index contributed by atoms with van der Waals surface area (Å²) in [5.41, 5.74) is 12.4. The van der Waals surface area contributed by atoms with E-state index in [9.17, 15) is 13.5 Å². The van der Waals surface area contributed by atoms with Gasteiger partial charge in [-0.25, -0.2) is 8.42 Å². The first-order valence-corrected chi connectivity index (χ1v) is 14.7. The molecule has 3 aromatic carbocycles. The van der Waals surface area contributed by atoms with Crippen LogP contribution in [0.15, 0.2) is 65.6 Å². The molecule has 2 aliphatic heterocycles. The lowest BCUT2D eigenvalue weighted by Crippen LogP contribution is -2.67. The fourth-order valence-electron chi connectivity index (χ4n) is 6.11. The second kappa shape index (κ2) is 10.7. The zero-order chi connectivity index (χ0) is 27.0. The van der Waals surface area contributed by atoms with Crippen LogP contribution in [0, 0.1) is 13.8 Å². The van der Waals surface area contributed by atoms with Gasteiger partial charge in [0.15, 0.2) is 0 Å². The normalized spacial score (nSPS) is 22.7. The number of benzene rings is 3. The summed E-state index contributed by atoms with van der Waals surface area (Å²) in [6, 6.07) is 19.5. The fraction of sp³-hybridized carbons (Fsp3) is 0.400. The van der Waals surface area contributed by atoms with Crippen LogP contribution in [0.2, 0.25) is 0 Å². The van der Waals surface area contributed by atoms with E-state index in [4.69, 9.17) is 10.5 Å². The van der Waals surface area contributed by atoms with Crippen LogP contribution in [0.3, 0.4) is 0 Å². The molecule has 2 saturated heterocycles. The third kappa shape index (κ3) is 4.71. The van der Waals surface area contributed by atoms with Gasteiger partial charge in [0.2, 0.25) is 10.0 Å². The number of nitrogens with two attached hydrogens (primary N) is 1. The van der Waals surface area contributed by atoms with Crippen molar-refractivity contribution in [1.29, 1.82) is 0 Å². The SMILES string of the molecule is COc1cc(N)ccc1S(=O)(=O)N1CCCCN2[C@H](CO)[C@@H](c3ccc(-c4cccc(C)c4C)cc3)[C@@H]2C1. The van der Waals surface area contributed by atoms with Gasteiger partial charge in [0.05, 0.1) is 13.7 Å². The zero-order valence-corrected chi connectivity index (χ0v) is 23.1. The van der Waals surface area contributed by atoms with Gasteiger partial charge in [0, 0.05) is 42.8 Å². The number of aliphatic hydroxyl groups excluding tert-OH is 1. The molecular weight excluding hydrogens is 498 g/mol. The van der Waals surface area contributed by atoms with Crippen molar-refractivity contribution < 1.29 is 18.3 Å². The molecule has 3 atom stereocenters. The zero-order valence-electron chi connectivity index (χ0n) is 22.3. The van der Waals surface area contributed by atoms with Crippen molar-refractivity contribution in [2.24, 2.45) is 0 Å². The summed E-state index contributed by atoms with van der Waals surface area (Å²) >= 11 is 0. The number of rotatable bonds is 6. The van der Waals surface area contributed by atoms with Gasteiger partial charge in [-0.05, 0) is 73.2 Å². The second-order valence-electron chi connectivity index (χ2n) is 10.4. The van der Waals surface area contributed by atoms with Crippen molar-refractivity contribution in [2.75, 3.05) is 39.1 Å². The molecule has 0 radical (unpaired) electrons. The second-order valence-corrected chi connectivity index (χ2v) is 12.3. The molecule has 38 heavy (non-hydrogen) atoms. The molecule has 8 heteroatoms. The van der Waals surface area contributed by atoms with E-state index in [-0.39, 0.29) is 35.3 Å². The van der Waals surface area contributed by atoms with Crippen LogP contribution in [0.25, 0.3) is 11.1 Å². The average Bonchev–Trinajstić information content (AvgIpc) is 2.89. The van der Waals surface area contributed by atoms with Gasteiger partial charge >= 0.3 is 0 Å². The first-order valence-electron chi connectivity index (χ1n) is 13.2. The molecule has 0 saturated carbocycles. The molecule has 0 aromatic heterocycles. The number of aliphatic hydroxyl groups is 1. The van der Waals surface area contributed by atoms with Gasteiger partial charge in [-0.1, -0.05) is 42.5 Å². The van der Waals surface area contributed by atoms with Crippen LogP contribution in [-0.2, 0) is 10.0 Å². The molecule has 0 spiro atoms. The molecular formula is C30H37N3O4S. The minimum Gasteiger partial charge on any atom is -0.495 e. The molecule has 2 aliphatic rings. The first kappa shape index (κ1) is 26.7. The lowest BCUT2D eigenvalue weighted by atomic mass is 9.74. The highest BCUT2D eigenvalue weighted by Crippen LogP contribution is 2.43. The molecule has 2 fully saturated rings. The van der Waals surface area contributed by atoms with Gasteiger partial charge < -0.3 is 15.6 Å². The summed E-state index contributed by atoms with van der Waals surface area (Å²) in [6.45, 7) is 5.96. The molecule has 3 aromatic rings. The van der Waals surface area contributed by atoms with E-state index in [0.29, 0.717) is 18.8 Å². The van der Waals surface area contributed by atoms with E-state index in [1.165, 1.54) is 29.9 Å². The standard InChI is InChI=1S/C30H37N3O4S/c1-20-7-6-8-25(21(20)2)22-9-11-23(12-10-22)30-26-18-32(15-4-5-16-33(26)27(30)19-34)38(35,36)29-14-13-24(31)17-28(29)37-3/h6-14,17,26-27,30,34H,4-5,15-16,18-19,31H2,1-3H3/t26-,27+,30-/m0/s1. The van der Waals surface area contributed by atoms with Gasteiger partial charge in [0.25, 0.3) is 0 Å². The van der Waals surface area contributed by atoms with Crippen LogP contribution in [0.4, 0.5) is 5.69 Å². The molecule has 7 nitrogen and oxygen atoms in total. The van der Waals surface area contributed by atoms with Crippen molar-refractivity contribution >= 4 is 15.7 Å². The Morgan fingerprint density at radius 1 is 1.03 bits per heavy atom. The van der Waals surface area contributed by atoms with Crippen LogP contribution < -0.4 is 10.5 Å². The Kier molecular flexibility index (Phi) is 7.51. The Hall–Kier alpha value is -2.91. The Morgan fingerprint density at radius 2 is 1.76 bits per heavy atom. The van der Waals surface area contributed by atoms with Crippen LogP contribution in [0.1, 0.15) is 35.4 Å². The number of methoxy groups -OCH3 is 1. The maximum absolute atomic E-state index is 13.8. The third-order valence-electron chi connectivity index (χ3n) is 8.35. The molecule has 0 aliphatic carbocycles. The summed E-state index contributed by atoms with van der Waals surface area (Å²) in [5.74, 6) is 0.293. The number of aryl methyl sites for hydroxylation is 1. The smallest absolute Gasteiger partial charge is 0.246 e. The first-order chi connectivity index (χ1) is 18.3. The molecule has 2 heterocycles. The van der Waals surface area contributed by atoms with Crippen molar-refractivity contribution in [3.63, 3.8) is 0 Å². The molecule has 0 amide bonds. The van der Waals surface area contributed by atoms with E-state index in [1.807, 2.05) is 0 Å². The van der Waals surface area contributed by atoms with E-state index < -0.39 is 10.0 Å². The molecule has 5 rings (SSSR count). The number of sulfonamides is 1. The van der Waals surface area contributed by atoms with Gasteiger partial charge in [0.1, 0.15) is 10.6 Å². The molecule has 3 N–H and O–H groups in total. The van der Waals surface area contributed by atoms with Crippen LogP contribution >= 0.6 is 0 Å². The molecule has 0 unspecified atom stereocenters. The van der Waals surface area contributed by atoms with Crippen LogP contribution in [0.5, 0.6) is 5.75 Å². The van der Waals surface area contributed by atoms with Crippen molar-refractivity contribution in [3.8, 4) is 16.9 Å². The summed E-state index contributed by atoms with van der Waals surface area (Å²) in [4.78, 5) is 2.42. The van der Waals surface area contributed by atoms with Crippen molar-refractivity contribution in [1.82, 2.24) is 9.21 Å². The monoisotopic (exact) mass is 535 g/mol. The highest BCUT2D eigenvalue weighted by molar-refractivity contribution is 7.89. The summed E-state index contributed by atoms with van der Waals surface area (Å²) in [6.07, 6.45) is 1.63. The number of hydrogen-bond donors (Lipinski definition) is 2. The number of nitrogens with zero attached hydrogens (tertiary/aromatic N) is 2. The average molecular weight is 536 g/mol. The van der Waals surface area contributed by atoms with Crippen molar-refractivity contribution in [2.45, 2.75) is 49.6 Å². The number of ether oxygens (including phenoxy) is 1. The van der Waals surface area contributed by atoms with Gasteiger partial charge in [-0.3, -0.25) is 4.90 Å². The summed E-state index contributed by atoms with van der Waals surface area (Å²) in [5, 5.41) is 10.3. The maximum atomic E-state index is 13.8. The predicted octanol–water partition coefficient (Wildman–Crippen LogP) is 4.17. The van der Waals surface area contributed by atoms with Gasteiger partial charge in [-0.15, -0.1) is 0 Å². The summed E-state index contributed by atoms with van der Waals surface area (Å²) in [7, 11) is -2.34. The van der Waals surface area contributed by atoms with E-state index in [2.05, 4.69) is 61.2 Å². The summed E-state index contributed by atoms with van der Waals surface area (Å²) < 4.78 is 34.6. The topological polar surface area (TPSA) is 96.1 Å². The quantitative estimate of drug-likeness (QED) is 0.460. The largest absolute Gasteiger partial charge is 0.495 e. The minimum atomic E-state index is -3.80. The predicted molar refractivity (Wildman–Crippen MR) is 151 cm³/mol. The number of nitrogen functional groups attached to an aromatic ring is 1. The number of fused-ring (bicyclic) bond motifs is 1. The molecule has 202 valence electrons. The number of hydrogen-bond acceptors (Lipinski definition) is 6. The lowest BCUT2D eigenvalue weighted by Gasteiger charge is -2.57. The minimum absolute atomic E-state index is 0.0199. The number of anilines is 1. The maximum Gasteiger partial charge on any atom is 0.246 e. The van der Waals surface area contributed by atoms with E-state index in [0.717, 1.165) is 30.5 Å². The van der Waals surface area contributed by atoms with E-state index in [1.54, 1.807) is 16.4 Å².